The van der Waals surface area contributed by atoms with Gasteiger partial charge in [0, 0.05) is 35.8 Å². The Kier molecular flexibility index (Phi) is 3.89. The van der Waals surface area contributed by atoms with Gasteiger partial charge < -0.3 is 4.57 Å². The maximum atomic E-state index is 12.9. The zero-order chi connectivity index (χ0) is 20.9. The summed E-state index contributed by atoms with van der Waals surface area (Å²) in [6.45, 7) is 1.38. The molecule has 0 atom stereocenters. The Morgan fingerprint density at radius 1 is 0.871 bits per heavy atom. The van der Waals surface area contributed by atoms with Gasteiger partial charge in [0.25, 0.3) is 11.8 Å². The lowest BCUT2D eigenvalue weighted by molar-refractivity contribution is -0.122. The number of para-hydroxylation sites is 1. The van der Waals surface area contributed by atoms with Crippen LogP contribution in [0, 0.1) is 0 Å². The summed E-state index contributed by atoms with van der Waals surface area (Å²) in [5.41, 5.74) is 5.37. The predicted octanol–water partition coefficient (Wildman–Crippen LogP) is 2.79. The van der Waals surface area contributed by atoms with Gasteiger partial charge in [0.2, 0.25) is 0 Å². The van der Waals surface area contributed by atoms with Crippen molar-refractivity contribution < 1.29 is 9.59 Å². The van der Waals surface area contributed by atoms with E-state index in [0.717, 1.165) is 29.3 Å². The van der Waals surface area contributed by atoms with Crippen LogP contribution in [0.25, 0.3) is 22.0 Å². The summed E-state index contributed by atoms with van der Waals surface area (Å²) in [5, 5.41) is 11.8. The summed E-state index contributed by atoms with van der Waals surface area (Å²) in [6, 6.07) is 16.4. The Morgan fingerprint density at radius 3 is 2.55 bits per heavy atom. The number of rotatable bonds is 0. The van der Waals surface area contributed by atoms with Crippen molar-refractivity contribution in [1.29, 1.82) is 0 Å². The average molecular weight is 409 g/mol. The number of amides is 2. The highest BCUT2D eigenvalue weighted by Crippen LogP contribution is 2.36. The van der Waals surface area contributed by atoms with E-state index in [0.29, 0.717) is 24.4 Å². The summed E-state index contributed by atoms with van der Waals surface area (Å²) in [5.74, 6) is -0.828. The molecule has 152 valence electrons. The number of nitrogens with zero attached hydrogens (tertiary/aromatic N) is 4. The maximum Gasteiger partial charge on any atom is 0.261 e. The lowest BCUT2D eigenvalue weighted by Crippen LogP contribution is -2.22. The van der Waals surface area contributed by atoms with Crippen molar-refractivity contribution in [2.75, 3.05) is 0 Å². The smallest absolute Gasteiger partial charge is 0.261 e. The molecule has 0 saturated carbocycles. The van der Waals surface area contributed by atoms with Crippen LogP contribution in [-0.2, 0) is 29.1 Å². The first kappa shape index (κ1) is 17.8. The third-order valence-electron chi connectivity index (χ3n) is 6.08. The first-order valence-electron chi connectivity index (χ1n) is 10.3. The average Bonchev–Trinajstić information content (AvgIpc) is 3.45. The summed E-state index contributed by atoms with van der Waals surface area (Å²) in [4.78, 5) is 25.6. The third kappa shape index (κ3) is 2.81. The molecule has 2 amide bonds. The fraction of sp³-hybridized carbons (Fsp3) is 0.167. The molecule has 4 heterocycles. The normalized spacial score (nSPS) is 16.1. The number of nitrogens with one attached hydrogen (secondary N) is 1. The van der Waals surface area contributed by atoms with Crippen molar-refractivity contribution in [3.05, 3.63) is 83.3 Å². The molecular formula is C24H19N5O2. The molecule has 6 rings (SSSR count). The molecule has 31 heavy (non-hydrogen) atoms. The summed E-state index contributed by atoms with van der Waals surface area (Å²) in [7, 11) is 0. The molecule has 4 bridgehead atoms. The molecule has 2 aliphatic rings. The van der Waals surface area contributed by atoms with E-state index in [-0.39, 0.29) is 5.57 Å². The first-order chi connectivity index (χ1) is 15.2. The maximum absolute atomic E-state index is 12.9. The van der Waals surface area contributed by atoms with Crippen LogP contribution < -0.4 is 5.32 Å². The van der Waals surface area contributed by atoms with Gasteiger partial charge in [0.05, 0.1) is 17.3 Å². The van der Waals surface area contributed by atoms with Gasteiger partial charge in [0.15, 0.2) is 0 Å². The second kappa shape index (κ2) is 6.77. The molecule has 2 aromatic carbocycles. The molecule has 0 aliphatic carbocycles. The molecule has 0 spiro atoms. The number of carbonyl (C=O) groups is 2. The minimum atomic E-state index is -0.429. The molecule has 1 N–H and O–H groups in total. The largest absolute Gasteiger partial charge is 0.342 e. The number of hydrogen-bond acceptors (Lipinski definition) is 4. The highest BCUT2D eigenvalue weighted by Gasteiger charge is 2.35. The number of imide groups is 1. The van der Waals surface area contributed by atoms with Crippen LogP contribution in [0.5, 0.6) is 0 Å². The zero-order valence-corrected chi connectivity index (χ0v) is 16.7. The molecule has 0 unspecified atom stereocenters. The fourth-order valence-electron chi connectivity index (χ4n) is 4.63. The van der Waals surface area contributed by atoms with Crippen molar-refractivity contribution in [2.24, 2.45) is 0 Å². The van der Waals surface area contributed by atoms with E-state index < -0.39 is 11.8 Å². The van der Waals surface area contributed by atoms with Crippen LogP contribution in [0.3, 0.4) is 0 Å². The molecule has 7 heteroatoms. The van der Waals surface area contributed by atoms with Gasteiger partial charge in [-0.05, 0) is 30.0 Å². The van der Waals surface area contributed by atoms with E-state index >= 15 is 0 Å². The Labute approximate surface area is 178 Å². The topological polar surface area (TPSA) is 81.8 Å². The van der Waals surface area contributed by atoms with Crippen molar-refractivity contribution >= 4 is 33.9 Å². The van der Waals surface area contributed by atoms with Crippen LogP contribution in [0.4, 0.5) is 0 Å². The quantitative estimate of drug-likeness (QED) is 0.453. The standard InChI is InChI=1S/C24H19N5O2/c30-23-21-18-13-28(20-10-4-3-9-17(18)20)12-16-7-2-1-6-15(16)8-5-11-29-14-19(26-27-29)22(21)24(31)25-23/h1-4,6-7,9-10,13-14H,5,8,11-12H2,(H,25,30,31). The number of carbonyl (C=O) groups excluding carboxylic acids is 2. The van der Waals surface area contributed by atoms with Crippen LogP contribution in [-0.4, -0.2) is 31.4 Å². The third-order valence-corrected chi connectivity index (χ3v) is 6.08. The molecule has 0 fully saturated rings. The monoisotopic (exact) mass is 409 g/mol. The second-order valence-electron chi connectivity index (χ2n) is 7.96. The molecule has 4 aromatic rings. The van der Waals surface area contributed by atoms with Gasteiger partial charge in [-0.2, -0.15) is 0 Å². The highest BCUT2D eigenvalue weighted by molar-refractivity contribution is 6.49. The van der Waals surface area contributed by atoms with Crippen LogP contribution >= 0.6 is 0 Å². The molecule has 0 radical (unpaired) electrons. The van der Waals surface area contributed by atoms with E-state index in [4.69, 9.17) is 0 Å². The summed E-state index contributed by atoms with van der Waals surface area (Å²) in [6.07, 6.45) is 5.55. The number of hydrogen-bond donors (Lipinski definition) is 1. The molecule has 7 nitrogen and oxygen atoms in total. The second-order valence-corrected chi connectivity index (χ2v) is 7.96. The minimum Gasteiger partial charge on any atom is -0.342 e. The minimum absolute atomic E-state index is 0.289. The fourth-order valence-corrected chi connectivity index (χ4v) is 4.63. The van der Waals surface area contributed by atoms with Crippen LogP contribution in [0.2, 0.25) is 0 Å². The number of aromatic nitrogens is 4. The van der Waals surface area contributed by atoms with Gasteiger partial charge in [-0.15, -0.1) is 5.10 Å². The Morgan fingerprint density at radius 2 is 1.65 bits per heavy atom. The van der Waals surface area contributed by atoms with Crippen molar-refractivity contribution in [2.45, 2.75) is 25.9 Å². The predicted molar refractivity (Wildman–Crippen MR) is 116 cm³/mol. The van der Waals surface area contributed by atoms with E-state index in [1.807, 2.05) is 30.5 Å². The van der Waals surface area contributed by atoms with Crippen LogP contribution in [0.1, 0.15) is 28.8 Å². The van der Waals surface area contributed by atoms with Gasteiger partial charge in [-0.3, -0.25) is 19.6 Å². The summed E-state index contributed by atoms with van der Waals surface area (Å²) < 4.78 is 3.90. The molecule has 0 saturated heterocycles. The van der Waals surface area contributed by atoms with Gasteiger partial charge in [-0.25, -0.2) is 0 Å². The Bertz CT molecular complexity index is 1410. The summed E-state index contributed by atoms with van der Waals surface area (Å²) >= 11 is 0. The van der Waals surface area contributed by atoms with E-state index in [1.54, 1.807) is 10.9 Å². The van der Waals surface area contributed by atoms with E-state index in [1.165, 1.54) is 11.1 Å². The number of benzene rings is 2. The first-order valence-corrected chi connectivity index (χ1v) is 10.3. The van der Waals surface area contributed by atoms with Crippen molar-refractivity contribution in [1.82, 2.24) is 24.9 Å². The Balaban J connectivity index is 1.66. The van der Waals surface area contributed by atoms with E-state index in [9.17, 15) is 9.59 Å². The van der Waals surface area contributed by atoms with E-state index in [2.05, 4.69) is 44.5 Å². The van der Waals surface area contributed by atoms with Gasteiger partial charge in [0.1, 0.15) is 5.69 Å². The lowest BCUT2D eigenvalue weighted by Gasteiger charge is -2.12. The van der Waals surface area contributed by atoms with Gasteiger partial charge >= 0.3 is 0 Å². The Hall–Kier alpha value is -4.00. The number of fused-ring (bicyclic) bond motifs is 10. The van der Waals surface area contributed by atoms with Crippen molar-refractivity contribution in [3.63, 3.8) is 0 Å². The highest BCUT2D eigenvalue weighted by atomic mass is 16.2. The van der Waals surface area contributed by atoms with Crippen molar-refractivity contribution in [3.8, 4) is 0 Å². The molecule has 2 aliphatic heterocycles. The molecular weight excluding hydrogens is 390 g/mol. The number of aryl methyl sites for hydroxylation is 2. The SMILES string of the molecule is O=C1NC(=O)C2=C1c1cn(nn1)CCCc1ccccc1Cn1cc2c2ccccc21. The van der Waals surface area contributed by atoms with Crippen LogP contribution in [0.15, 0.2) is 60.9 Å². The molecule has 2 aromatic heterocycles. The van der Waals surface area contributed by atoms with Gasteiger partial charge in [-0.1, -0.05) is 47.7 Å². The lowest BCUT2D eigenvalue weighted by atomic mass is 9.99. The zero-order valence-electron chi connectivity index (χ0n) is 16.7.